The Hall–Kier alpha value is -2.54. The van der Waals surface area contributed by atoms with Crippen molar-refractivity contribution in [1.82, 2.24) is 0 Å². The molecule has 6 nitrogen and oxygen atoms in total. The molecule has 0 saturated heterocycles. The lowest BCUT2D eigenvalue weighted by molar-refractivity contribution is 0.412. The first kappa shape index (κ1) is 16.8. The number of hydrogen-bond donors (Lipinski definition) is 2. The van der Waals surface area contributed by atoms with Gasteiger partial charge in [0.2, 0.25) is 0 Å². The molecule has 0 spiro atoms. The largest absolute Gasteiger partial charge is 0.507 e. The molecule has 2 rings (SSSR count). The summed E-state index contributed by atoms with van der Waals surface area (Å²) in [5, 5.41) is 14.1. The van der Waals surface area contributed by atoms with Gasteiger partial charge in [-0.3, -0.25) is 5.43 Å². The number of anilines is 1. The Kier molecular flexibility index (Phi) is 4.90. The Morgan fingerprint density at radius 3 is 2.39 bits per heavy atom. The van der Waals surface area contributed by atoms with Gasteiger partial charge in [0.1, 0.15) is 11.5 Å². The van der Waals surface area contributed by atoms with Crippen LogP contribution in [0, 0.1) is 0 Å². The minimum Gasteiger partial charge on any atom is -0.507 e. The van der Waals surface area contributed by atoms with Crippen LogP contribution in [0.4, 0.5) is 5.69 Å². The van der Waals surface area contributed by atoms with Crippen LogP contribution in [0.15, 0.2) is 52.5 Å². The minimum absolute atomic E-state index is 0.0984. The van der Waals surface area contributed by atoms with Crippen molar-refractivity contribution in [2.45, 2.75) is 11.8 Å². The maximum Gasteiger partial charge on any atom is 0.175 e. The number of nitrogens with zero attached hydrogens (tertiary/aromatic N) is 1. The summed E-state index contributed by atoms with van der Waals surface area (Å²) < 4.78 is 27.9. The highest BCUT2D eigenvalue weighted by Gasteiger charge is 2.08. The zero-order valence-corrected chi connectivity index (χ0v) is 13.9. The van der Waals surface area contributed by atoms with Crippen molar-refractivity contribution in [2.24, 2.45) is 5.10 Å². The lowest BCUT2D eigenvalue weighted by Gasteiger charge is -2.08. The summed E-state index contributed by atoms with van der Waals surface area (Å²) >= 11 is 0. The molecule has 0 bridgehead atoms. The van der Waals surface area contributed by atoms with Crippen LogP contribution < -0.4 is 10.2 Å². The third kappa shape index (κ3) is 4.23. The van der Waals surface area contributed by atoms with E-state index in [4.69, 9.17) is 4.74 Å². The summed E-state index contributed by atoms with van der Waals surface area (Å²) in [6.07, 6.45) is 1.16. The molecule has 0 unspecified atom stereocenters. The number of nitrogens with one attached hydrogen (secondary N) is 1. The number of hydrazone groups is 1. The molecular formula is C16H18N2O4S. The van der Waals surface area contributed by atoms with Crippen LogP contribution in [-0.4, -0.2) is 32.6 Å². The summed E-state index contributed by atoms with van der Waals surface area (Å²) in [5.74, 6) is 0.714. The normalized spacial score (nSPS) is 12.0. The third-order valence-electron chi connectivity index (χ3n) is 3.23. The summed E-state index contributed by atoms with van der Waals surface area (Å²) in [4.78, 5) is 0.245. The number of phenolic OH excluding ortho intramolecular Hbond substituents is 1. The molecule has 7 heteroatoms. The maximum atomic E-state index is 11.4. The van der Waals surface area contributed by atoms with Crippen molar-refractivity contribution in [1.29, 1.82) is 0 Å². The van der Waals surface area contributed by atoms with E-state index in [2.05, 4.69) is 10.5 Å². The van der Waals surface area contributed by atoms with Gasteiger partial charge in [0.25, 0.3) is 0 Å². The van der Waals surface area contributed by atoms with Crippen LogP contribution in [0.2, 0.25) is 0 Å². The highest BCUT2D eigenvalue weighted by atomic mass is 32.2. The van der Waals surface area contributed by atoms with Gasteiger partial charge in [0.15, 0.2) is 9.84 Å². The molecule has 0 amide bonds. The van der Waals surface area contributed by atoms with Crippen LogP contribution in [0.1, 0.15) is 12.5 Å². The number of hydrogen-bond acceptors (Lipinski definition) is 6. The topological polar surface area (TPSA) is 88.0 Å². The second-order valence-electron chi connectivity index (χ2n) is 4.99. The number of sulfone groups is 1. The maximum absolute atomic E-state index is 11.4. The Balaban J connectivity index is 2.19. The molecule has 0 atom stereocenters. The summed E-state index contributed by atoms with van der Waals surface area (Å²) in [5.41, 5.74) is 4.58. The average Bonchev–Trinajstić information content (AvgIpc) is 2.52. The van der Waals surface area contributed by atoms with Crippen molar-refractivity contribution >= 4 is 21.2 Å². The third-order valence-corrected chi connectivity index (χ3v) is 4.36. The fourth-order valence-electron chi connectivity index (χ4n) is 1.92. The Morgan fingerprint density at radius 1 is 1.17 bits per heavy atom. The zero-order valence-electron chi connectivity index (χ0n) is 13.1. The number of phenols is 1. The molecule has 0 saturated carbocycles. The van der Waals surface area contributed by atoms with Gasteiger partial charge in [-0.15, -0.1) is 0 Å². The monoisotopic (exact) mass is 334 g/mol. The summed E-state index contributed by atoms with van der Waals surface area (Å²) in [6, 6.07) is 11.1. The van der Waals surface area contributed by atoms with E-state index in [1.165, 1.54) is 18.2 Å². The van der Waals surface area contributed by atoms with Crippen LogP contribution in [0.25, 0.3) is 0 Å². The smallest absolute Gasteiger partial charge is 0.175 e. The molecule has 0 fully saturated rings. The van der Waals surface area contributed by atoms with E-state index in [9.17, 15) is 13.5 Å². The van der Waals surface area contributed by atoms with Crippen LogP contribution in [-0.2, 0) is 9.84 Å². The molecule has 23 heavy (non-hydrogen) atoms. The van der Waals surface area contributed by atoms with E-state index < -0.39 is 9.84 Å². The standard InChI is InChI=1S/C16H18N2O4S/c1-11(15-10-13(22-2)6-9-16(15)19)17-18-12-4-7-14(8-5-12)23(3,20)21/h4-10,18-19H,1-3H3. The van der Waals surface area contributed by atoms with E-state index in [0.29, 0.717) is 22.7 Å². The molecule has 2 aromatic carbocycles. The minimum atomic E-state index is -3.22. The Morgan fingerprint density at radius 2 is 1.83 bits per heavy atom. The lowest BCUT2D eigenvalue weighted by Crippen LogP contribution is -2.01. The highest BCUT2D eigenvalue weighted by molar-refractivity contribution is 7.90. The van der Waals surface area contributed by atoms with E-state index in [-0.39, 0.29) is 10.6 Å². The van der Waals surface area contributed by atoms with Gasteiger partial charge < -0.3 is 9.84 Å². The first-order valence-corrected chi connectivity index (χ1v) is 8.68. The van der Waals surface area contributed by atoms with Crippen molar-refractivity contribution < 1.29 is 18.3 Å². The predicted molar refractivity (Wildman–Crippen MR) is 90.0 cm³/mol. The number of methoxy groups -OCH3 is 1. The van der Waals surface area contributed by atoms with E-state index in [1.54, 1.807) is 38.3 Å². The second-order valence-corrected chi connectivity index (χ2v) is 7.00. The van der Waals surface area contributed by atoms with Gasteiger partial charge in [0.05, 0.1) is 23.4 Å². The molecule has 0 aliphatic heterocycles. The van der Waals surface area contributed by atoms with Crippen molar-refractivity contribution in [2.75, 3.05) is 18.8 Å². The van der Waals surface area contributed by atoms with E-state index in [1.807, 2.05) is 0 Å². The Bertz CT molecular complexity index is 828. The number of rotatable bonds is 5. The molecule has 2 N–H and O–H groups in total. The molecule has 0 heterocycles. The average molecular weight is 334 g/mol. The molecule has 0 aliphatic rings. The van der Waals surface area contributed by atoms with Crippen molar-refractivity contribution in [3.8, 4) is 11.5 Å². The first-order chi connectivity index (χ1) is 10.8. The lowest BCUT2D eigenvalue weighted by atomic mass is 10.1. The number of ether oxygens (including phenoxy) is 1. The van der Waals surface area contributed by atoms with Gasteiger partial charge in [-0.1, -0.05) is 0 Å². The molecule has 0 aromatic heterocycles. The quantitative estimate of drug-likeness (QED) is 0.648. The molecule has 122 valence electrons. The van der Waals surface area contributed by atoms with Gasteiger partial charge in [-0.25, -0.2) is 8.42 Å². The fourth-order valence-corrected chi connectivity index (χ4v) is 2.55. The van der Waals surface area contributed by atoms with Gasteiger partial charge in [-0.05, 0) is 49.4 Å². The van der Waals surface area contributed by atoms with Crippen LogP contribution in [0.3, 0.4) is 0 Å². The molecule has 2 aromatic rings. The first-order valence-electron chi connectivity index (χ1n) is 6.79. The van der Waals surface area contributed by atoms with Crippen molar-refractivity contribution in [3.63, 3.8) is 0 Å². The molecule has 0 aliphatic carbocycles. The van der Waals surface area contributed by atoms with Gasteiger partial charge in [0, 0.05) is 11.8 Å². The Labute approximate surface area is 135 Å². The zero-order chi connectivity index (χ0) is 17.0. The van der Waals surface area contributed by atoms with E-state index >= 15 is 0 Å². The number of aromatic hydroxyl groups is 1. The fraction of sp³-hybridized carbons (Fsp3) is 0.188. The second kappa shape index (κ2) is 6.70. The van der Waals surface area contributed by atoms with E-state index in [0.717, 1.165) is 6.26 Å². The summed E-state index contributed by atoms with van der Waals surface area (Å²) in [7, 11) is -1.67. The molecule has 0 radical (unpaired) electrons. The predicted octanol–water partition coefficient (Wildman–Crippen LogP) is 2.64. The van der Waals surface area contributed by atoms with Crippen LogP contribution in [0.5, 0.6) is 11.5 Å². The van der Waals surface area contributed by atoms with Crippen LogP contribution >= 0.6 is 0 Å². The SMILES string of the molecule is COc1ccc(O)c(C(C)=NNc2ccc(S(C)(=O)=O)cc2)c1. The highest BCUT2D eigenvalue weighted by Crippen LogP contribution is 2.23. The van der Waals surface area contributed by atoms with Gasteiger partial charge in [-0.2, -0.15) is 5.10 Å². The molecular weight excluding hydrogens is 316 g/mol. The van der Waals surface area contributed by atoms with Crippen molar-refractivity contribution in [3.05, 3.63) is 48.0 Å². The van der Waals surface area contributed by atoms with Gasteiger partial charge >= 0.3 is 0 Å². The number of benzene rings is 2. The summed E-state index contributed by atoms with van der Waals surface area (Å²) in [6.45, 7) is 1.74.